The van der Waals surface area contributed by atoms with Gasteiger partial charge in [-0.25, -0.2) is 0 Å². The van der Waals surface area contributed by atoms with E-state index in [1.54, 1.807) is 30.2 Å². The van der Waals surface area contributed by atoms with Gasteiger partial charge in [0.25, 0.3) is 5.91 Å². The Labute approximate surface area is 159 Å². The number of piperidine rings is 1. The van der Waals surface area contributed by atoms with E-state index in [0.717, 1.165) is 19.3 Å². The third kappa shape index (κ3) is 4.34. The van der Waals surface area contributed by atoms with Crippen LogP contribution in [0.1, 0.15) is 52.2 Å². The summed E-state index contributed by atoms with van der Waals surface area (Å²) in [5, 5.41) is 0. The van der Waals surface area contributed by atoms with E-state index in [2.05, 4.69) is 0 Å². The Balaban J connectivity index is 1.55. The van der Waals surface area contributed by atoms with Crippen molar-refractivity contribution >= 4 is 17.8 Å². The number of amides is 2. The molecular formula is C20H28N2O5. The maximum absolute atomic E-state index is 12.8. The zero-order valence-electron chi connectivity index (χ0n) is 16.2. The highest BCUT2D eigenvalue weighted by molar-refractivity contribution is 5.89. The predicted molar refractivity (Wildman–Crippen MR) is 97.4 cm³/mol. The van der Waals surface area contributed by atoms with Crippen molar-refractivity contribution in [2.75, 3.05) is 6.54 Å². The van der Waals surface area contributed by atoms with Crippen LogP contribution in [-0.2, 0) is 25.7 Å². The van der Waals surface area contributed by atoms with Gasteiger partial charge in [0.15, 0.2) is 6.10 Å². The Morgan fingerprint density at radius 1 is 1.30 bits per heavy atom. The van der Waals surface area contributed by atoms with E-state index in [4.69, 9.17) is 9.15 Å². The summed E-state index contributed by atoms with van der Waals surface area (Å²) >= 11 is 0. The molecule has 1 aromatic rings. The van der Waals surface area contributed by atoms with Gasteiger partial charge in [-0.05, 0) is 52.2 Å². The molecule has 7 heteroatoms. The van der Waals surface area contributed by atoms with Crippen LogP contribution in [0.4, 0.5) is 0 Å². The van der Waals surface area contributed by atoms with Crippen molar-refractivity contribution in [3.63, 3.8) is 0 Å². The number of carbonyl (C=O) groups is 3. The highest BCUT2D eigenvalue weighted by atomic mass is 16.5. The van der Waals surface area contributed by atoms with Gasteiger partial charge in [-0.3, -0.25) is 14.4 Å². The molecule has 4 atom stereocenters. The molecule has 0 aliphatic carbocycles. The second kappa shape index (κ2) is 8.15. The highest BCUT2D eigenvalue weighted by Crippen LogP contribution is 2.25. The number of carbonyl (C=O) groups excluding carboxylic acids is 3. The van der Waals surface area contributed by atoms with Crippen LogP contribution >= 0.6 is 0 Å². The van der Waals surface area contributed by atoms with Gasteiger partial charge in [0.05, 0.1) is 18.7 Å². The van der Waals surface area contributed by atoms with Crippen LogP contribution in [0.3, 0.4) is 0 Å². The molecule has 3 rings (SSSR count). The van der Waals surface area contributed by atoms with Crippen molar-refractivity contribution in [2.24, 2.45) is 5.92 Å². The standard InChI is InChI=1S/C20H28N2O5/c1-13-6-4-7-14(2)22(13)19(24)15(3)27-20(25)16-10-18(23)21(11-16)12-17-8-5-9-26-17/h5,8-9,13-16H,4,6-7,10-12H2,1-3H3/t13-,14-,15-,16-/m0/s1. The molecule has 27 heavy (non-hydrogen) atoms. The molecule has 7 nitrogen and oxygen atoms in total. The number of ether oxygens (including phenoxy) is 1. The molecule has 148 valence electrons. The second-order valence-corrected chi connectivity index (χ2v) is 7.71. The summed E-state index contributed by atoms with van der Waals surface area (Å²) in [5.41, 5.74) is 0. The van der Waals surface area contributed by atoms with E-state index >= 15 is 0 Å². The van der Waals surface area contributed by atoms with Crippen LogP contribution in [-0.4, -0.2) is 52.3 Å². The third-order valence-electron chi connectivity index (χ3n) is 5.56. The van der Waals surface area contributed by atoms with Crippen LogP contribution in [0, 0.1) is 5.92 Å². The van der Waals surface area contributed by atoms with Gasteiger partial charge in [-0.15, -0.1) is 0 Å². The fraction of sp³-hybridized carbons (Fsp3) is 0.650. The predicted octanol–water partition coefficient (Wildman–Crippen LogP) is 2.35. The zero-order chi connectivity index (χ0) is 19.6. The van der Waals surface area contributed by atoms with Gasteiger partial charge in [-0.2, -0.15) is 0 Å². The Kier molecular flexibility index (Phi) is 5.87. The summed E-state index contributed by atoms with van der Waals surface area (Å²) in [6.07, 6.45) is 3.87. The van der Waals surface area contributed by atoms with Gasteiger partial charge >= 0.3 is 5.97 Å². The molecule has 0 aromatic carbocycles. The number of hydrogen-bond acceptors (Lipinski definition) is 5. The quantitative estimate of drug-likeness (QED) is 0.737. The normalized spacial score (nSPS) is 26.9. The number of hydrogen-bond donors (Lipinski definition) is 0. The lowest BCUT2D eigenvalue weighted by molar-refractivity contribution is -0.165. The lowest BCUT2D eigenvalue weighted by Gasteiger charge is -2.40. The van der Waals surface area contributed by atoms with Crippen LogP contribution in [0.15, 0.2) is 22.8 Å². The largest absolute Gasteiger partial charge is 0.467 e. The molecule has 2 aliphatic heterocycles. The number of furan rings is 1. The minimum absolute atomic E-state index is 0.106. The van der Waals surface area contributed by atoms with E-state index < -0.39 is 18.0 Å². The minimum Gasteiger partial charge on any atom is -0.467 e. The smallest absolute Gasteiger partial charge is 0.312 e. The van der Waals surface area contributed by atoms with E-state index in [1.165, 1.54) is 0 Å². The maximum atomic E-state index is 12.8. The molecule has 2 amide bonds. The average Bonchev–Trinajstić information content (AvgIpc) is 3.25. The molecule has 0 spiro atoms. The second-order valence-electron chi connectivity index (χ2n) is 7.71. The van der Waals surface area contributed by atoms with Crippen LogP contribution in [0.5, 0.6) is 0 Å². The Hall–Kier alpha value is -2.31. The maximum Gasteiger partial charge on any atom is 0.312 e. The molecule has 2 saturated heterocycles. The highest BCUT2D eigenvalue weighted by Gasteiger charge is 2.38. The minimum atomic E-state index is -0.838. The fourth-order valence-electron chi connectivity index (χ4n) is 4.06. The molecule has 0 bridgehead atoms. The molecule has 0 saturated carbocycles. The zero-order valence-corrected chi connectivity index (χ0v) is 16.2. The summed E-state index contributed by atoms with van der Waals surface area (Å²) in [6.45, 7) is 6.31. The summed E-state index contributed by atoms with van der Waals surface area (Å²) in [6, 6.07) is 3.86. The van der Waals surface area contributed by atoms with Crippen LogP contribution in [0.2, 0.25) is 0 Å². The molecule has 2 aliphatic rings. The Morgan fingerprint density at radius 3 is 2.63 bits per heavy atom. The first-order valence-electron chi connectivity index (χ1n) is 9.69. The molecule has 0 N–H and O–H groups in total. The van der Waals surface area contributed by atoms with E-state index in [0.29, 0.717) is 12.3 Å². The van der Waals surface area contributed by atoms with Crippen molar-refractivity contribution in [3.05, 3.63) is 24.2 Å². The topological polar surface area (TPSA) is 80.1 Å². The van der Waals surface area contributed by atoms with Crippen molar-refractivity contribution in [1.29, 1.82) is 0 Å². The third-order valence-corrected chi connectivity index (χ3v) is 5.56. The Bertz CT molecular complexity index is 677. The van der Waals surface area contributed by atoms with Crippen LogP contribution in [0.25, 0.3) is 0 Å². The van der Waals surface area contributed by atoms with Gasteiger partial charge in [0.2, 0.25) is 5.91 Å². The van der Waals surface area contributed by atoms with E-state index in [-0.39, 0.29) is 36.9 Å². The van der Waals surface area contributed by atoms with Crippen molar-refractivity contribution in [2.45, 2.75) is 71.2 Å². The fourth-order valence-corrected chi connectivity index (χ4v) is 4.06. The molecule has 1 aromatic heterocycles. The molecule has 3 heterocycles. The van der Waals surface area contributed by atoms with Crippen molar-refractivity contribution < 1.29 is 23.5 Å². The molecule has 0 radical (unpaired) electrons. The molecular weight excluding hydrogens is 348 g/mol. The molecule has 2 fully saturated rings. The first-order valence-corrected chi connectivity index (χ1v) is 9.69. The van der Waals surface area contributed by atoms with Gasteiger partial charge in [-0.1, -0.05) is 0 Å². The first-order chi connectivity index (χ1) is 12.9. The average molecular weight is 376 g/mol. The van der Waals surface area contributed by atoms with E-state index in [1.807, 2.05) is 18.7 Å². The summed E-state index contributed by atoms with van der Waals surface area (Å²) in [7, 11) is 0. The number of rotatable bonds is 5. The number of likely N-dealkylation sites (tertiary alicyclic amines) is 2. The van der Waals surface area contributed by atoms with Crippen LogP contribution < -0.4 is 0 Å². The van der Waals surface area contributed by atoms with Crippen molar-refractivity contribution in [1.82, 2.24) is 9.80 Å². The van der Waals surface area contributed by atoms with Gasteiger partial charge in [0, 0.05) is 25.0 Å². The van der Waals surface area contributed by atoms with Crippen molar-refractivity contribution in [3.8, 4) is 0 Å². The summed E-state index contributed by atoms with van der Waals surface area (Å²) < 4.78 is 10.7. The summed E-state index contributed by atoms with van der Waals surface area (Å²) in [5.74, 6) is -0.609. The first kappa shape index (κ1) is 19.5. The monoisotopic (exact) mass is 376 g/mol. The SMILES string of the molecule is C[C@H](OC(=O)[C@H]1CC(=O)N(Cc2ccco2)C1)C(=O)N1[C@@H](C)CCC[C@@H]1C. The summed E-state index contributed by atoms with van der Waals surface area (Å²) in [4.78, 5) is 40.9. The lowest BCUT2D eigenvalue weighted by atomic mass is 9.97. The lowest BCUT2D eigenvalue weighted by Crippen LogP contribution is -2.51. The van der Waals surface area contributed by atoms with E-state index in [9.17, 15) is 14.4 Å². The molecule has 0 unspecified atom stereocenters. The number of nitrogens with zero attached hydrogens (tertiary/aromatic N) is 2. The number of esters is 1. The van der Waals surface area contributed by atoms with Gasteiger partial charge < -0.3 is 19.0 Å². The van der Waals surface area contributed by atoms with Gasteiger partial charge in [0.1, 0.15) is 5.76 Å². The Morgan fingerprint density at radius 2 is 2.00 bits per heavy atom.